The van der Waals surface area contributed by atoms with Crippen LogP contribution in [0.2, 0.25) is 10.0 Å². The SMILES string of the molecule is COCC(=O)Nc1nc(CC(=O)NC(CC(=O)O)c2ccc(Cl)c(Cl)c2)cs1. The highest BCUT2D eigenvalue weighted by molar-refractivity contribution is 7.13. The molecule has 0 saturated carbocycles. The number of ether oxygens (including phenoxy) is 1. The molecule has 0 aliphatic carbocycles. The Balaban J connectivity index is 2.03. The van der Waals surface area contributed by atoms with Crippen LogP contribution in [0.25, 0.3) is 0 Å². The molecule has 1 atom stereocenters. The van der Waals surface area contributed by atoms with Crippen molar-refractivity contribution < 1.29 is 24.2 Å². The molecule has 0 spiro atoms. The third-order valence-corrected chi connectivity index (χ3v) is 5.02. The molecule has 2 aromatic rings. The van der Waals surface area contributed by atoms with Crippen LogP contribution in [0.4, 0.5) is 5.13 Å². The number of carboxylic acid groups (broad SMARTS) is 1. The molecule has 150 valence electrons. The number of nitrogens with one attached hydrogen (secondary N) is 2. The Morgan fingerprint density at radius 3 is 2.64 bits per heavy atom. The van der Waals surface area contributed by atoms with E-state index in [0.717, 1.165) is 0 Å². The standard InChI is InChI=1S/C17H17Cl2N3O5S/c1-27-7-15(24)22-17-20-10(8-28-17)5-14(23)21-13(6-16(25)26)9-2-3-11(18)12(19)4-9/h2-4,8,13H,5-7H2,1H3,(H,21,23)(H,25,26)(H,20,22,24). The molecule has 1 aromatic heterocycles. The lowest BCUT2D eigenvalue weighted by molar-refractivity contribution is -0.137. The maximum absolute atomic E-state index is 12.4. The number of aromatic nitrogens is 1. The minimum absolute atomic E-state index is 0.0753. The second-order valence-corrected chi connectivity index (χ2v) is 7.37. The molecule has 2 amide bonds. The van der Waals surface area contributed by atoms with Crippen molar-refractivity contribution in [3.63, 3.8) is 0 Å². The van der Waals surface area contributed by atoms with Gasteiger partial charge in [0.1, 0.15) is 6.61 Å². The lowest BCUT2D eigenvalue weighted by Gasteiger charge is -2.18. The fourth-order valence-corrected chi connectivity index (χ4v) is 3.33. The van der Waals surface area contributed by atoms with E-state index in [1.807, 2.05) is 0 Å². The van der Waals surface area contributed by atoms with E-state index in [0.29, 0.717) is 21.4 Å². The number of nitrogens with zero attached hydrogens (tertiary/aromatic N) is 1. The predicted octanol–water partition coefficient (Wildman–Crippen LogP) is 2.91. The van der Waals surface area contributed by atoms with Gasteiger partial charge in [-0.05, 0) is 17.7 Å². The third-order valence-electron chi connectivity index (χ3n) is 3.48. The van der Waals surface area contributed by atoms with Crippen LogP contribution in [-0.2, 0) is 25.5 Å². The maximum atomic E-state index is 12.4. The Bertz CT molecular complexity index is 874. The van der Waals surface area contributed by atoms with Gasteiger partial charge in [0.15, 0.2) is 5.13 Å². The number of carbonyl (C=O) groups excluding carboxylic acids is 2. The fourth-order valence-electron chi connectivity index (χ4n) is 2.30. The number of carboxylic acids is 1. The number of benzene rings is 1. The van der Waals surface area contributed by atoms with Gasteiger partial charge in [0.2, 0.25) is 5.91 Å². The molecule has 28 heavy (non-hydrogen) atoms. The molecule has 11 heteroatoms. The van der Waals surface area contributed by atoms with Gasteiger partial charge < -0.3 is 15.2 Å². The number of halogens is 2. The number of amides is 2. The van der Waals surface area contributed by atoms with E-state index in [1.165, 1.54) is 30.6 Å². The molecule has 0 bridgehead atoms. The summed E-state index contributed by atoms with van der Waals surface area (Å²) in [4.78, 5) is 39.2. The van der Waals surface area contributed by atoms with Gasteiger partial charge in [-0.15, -0.1) is 11.3 Å². The Morgan fingerprint density at radius 1 is 1.25 bits per heavy atom. The smallest absolute Gasteiger partial charge is 0.305 e. The normalized spacial score (nSPS) is 11.7. The van der Waals surface area contributed by atoms with E-state index in [4.69, 9.17) is 33.0 Å². The molecule has 1 unspecified atom stereocenters. The highest BCUT2D eigenvalue weighted by atomic mass is 35.5. The number of aliphatic carboxylic acids is 1. The average Bonchev–Trinajstić information content (AvgIpc) is 3.03. The summed E-state index contributed by atoms with van der Waals surface area (Å²) in [7, 11) is 1.40. The molecule has 0 saturated heterocycles. The van der Waals surface area contributed by atoms with Gasteiger partial charge in [-0.25, -0.2) is 4.98 Å². The summed E-state index contributed by atoms with van der Waals surface area (Å²) < 4.78 is 4.72. The summed E-state index contributed by atoms with van der Waals surface area (Å²) in [5, 5.41) is 16.9. The van der Waals surface area contributed by atoms with Crippen molar-refractivity contribution >= 4 is 57.5 Å². The number of thiazole rings is 1. The van der Waals surface area contributed by atoms with Crippen LogP contribution in [-0.4, -0.2) is 41.6 Å². The molecule has 1 aromatic carbocycles. The van der Waals surface area contributed by atoms with Gasteiger partial charge in [-0.3, -0.25) is 19.7 Å². The first kappa shape index (κ1) is 22.1. The Labute approximate surface area is 174 Å². The summed E-state index contributed by atoms with van der Waals surface area (Å²) in [6.45, 7) is -0.101. The van der Waals surface area contributed by atoms with Crippen LogP contribution < -0.4 is 10.6 Å². The van der Waals surface area contributed by atoms with Gasteiger partial charge in [0.05, 0.1) is 34.6 Å². The minimum atomic E-state index is -1.08. The number of rotatable bonds is 9. The van der Waals surface area contributed by atoms with Crippen LogP contribution in [0.15, 0.2) is 23.6 Å². The van der Waals surface area contributed by atoms with Crippen molar-refractivity contribution in [2.75, 3.05) is 19.0 Å². The fraction of sp³-hybridized carbons (Fsp3) is 0.294. The maximum Gasteiger partial charge on any atom is 0.305 e. The molecule has 0 aliphatic heterocycles. The second-order valence-electron chi connectivity index (χ2n) is 5.69. The van der Waals surface area contributed by atoms with Crippen molar-refractivity contribution in [3.05, 3.63) is 44.9 Å². The van der Waals surface area contributed by atoms with Gasteiger partial charge in [-0.2, -0.15) is 0 Å². The van der Waals surface area contributed by atoms with Gasteiger partial charge in [0, 0.05) is 12.5 Å². The van der Waals surface area contributed by atoms with Gasteiger partial charge in [0.25, 0.3) is 5.91 Å². The molecule has 3 N–H and O–H groups in total. The first-order chi connectivity index (χ1) is 13.3. The van der Waals surface area contributed by atoms with E-state index >= 15 is 0 Å². The van der Waals surface area contributed by atoms with Crippen molar-refractivity contribution in [1.82, 2.24) is 10.3 Å². The summed E-state index contributed by atoms with van der Waals surface area (Å²) in [5.41, 5.74) is 0.967. The zero-order valence-corrected chi connectivity index (χ0v) is 17.0. The quantitative estimate of drug-likeness (QED) is 0.545. The number of hydrogen-bond donors (Lipinski definition) is 3. The molecule has 0 aliphatic rings. The van der Waals surface area contributed by atoms with Crippen LogP contribution in [0, 0.1) is 0 Å². The van der Waals surface area contributed by atoms with E-state index in [2.05, 4.69) is 15.6 Å². The number of hydrogen-bond acceptors (Lipinski definition) is 6. The first-order valence-electron chi connectivity index (χ1n) is 7.97. The minimum Gasteiger partial charge on any atom is -0.481 e. The summed E-state index contributed by atoms with van der Waals surface area (Å²) >= 11 is 13.0. The third kappa shape index (κ3) is 6.75. The van der Waals surface area contributed by atoms with Crippen molar-refractivity contribution in [3.8, 4) is 0 Å². The van der Waals surface area contributed by atoms with Gasteiger partial charge in [-0.1, -0.05) is 29.3 Å². The number of methoxy groups -OCH3 is 1. The topological polar surface area (TPSA) is 118 Å². The first-order valence-corrected chi connectivity index (χ1v) is 9.61. The van der Waals surface area contributed by atoms with E-state index in [-0.39, 0.29) is 30.4 Å². The van der Waals surface area contributed by atoms with Crippen molar-refractivity contribution in [1.29, 1.82) is 0 Å². The van der Waals surface area contributed by atoms with E-state index in [1.54, 1.807) is 11.4 Å². The van der Waals surface area contributed by atoms with E-state index in [9.17, 15) is 14.4 Å². The highest BCUT2D eigenvalue weighted by Crippen LogP contribution is 2.27. The largest absolute Gasteiger partial charge is 0.481 e. The van der Waals surface area contributed by atoms with Crippen molar-refractivity contribution in [2.45, 2.75) is 18.9 Å². The lowest BCUT2D eigenvalue weighted by atomic mass is 10.0. The van der Waals surface area contributed by atoms with Crippen LogP contribution >= 0.6 is 34.5 Å². The monoisotopic (exact) mass is 445 g/mol. The molecular weight excluding hydrogens is 429 g/mol. The molecule has 0 fully saturated rings. The Morgan fingerprint density at radius 2 is 2.00 bits per heavy atom. The van der Waals surface area contributed by atoms with Crippen LogP contribution in [0.3, 0.4) is 0 Å². The predicted molar refractivity (Wildman–Crippen MR) is 106 cm³/mol. The van der Waals surface area contributed by atoms with E-state index < -0.39 is 17.9 Å². The lowest BCUT2D eigenvalue weighted by Crippen LogP contribution is -2.31. The zero-order valence-electron chi connectivity index (χ0n) is 14.7. The zero-order chi connectivity index (χ0) is 20.7. The summed E-state index contributed by atoms with van der Waals surface area (Å²) in [6, 6.07) is 3.88. The summed E-state index contributed by atoms with van der Waals surface area (Å²) in [6.07, 6.45) is -0.396. The average molecular weight is 446 g/mol. The number of carbonyl (C=O) groups is 3. The van der Waals surface area contributed by atoms with Crippen molar-refractivity contribution in [2.24, 2.45) is 0 Å². The number of anilines is 1. The molecular formula is C17H17Cl2N3O5S. The van der Waals surface area contributed by atoms with Crippen LogP contribution in [0.5, 0.6) is 0 Å². The van der Waals surface area contributed by atoms with Gasteiger partial charge >= 0.3 is 5.97 Å². The highest BCUT2D eigenvalue weighted by Gasteiger charge is 2.20. The van der Waals surface area contributed by atoms with Crippen LogP contribution in [0.1, 0.15) is 23.7 Å². The molecule has 0 radical (unpaired) electrons. The molecule has 1 heterocycles. The Hall–Kier alpha value is -2.20. The second kappa shape index (κ2) is 10.4. The molecule has 2 rings (SSSR count). The Kier molecular flexibility index (Phi) is 8.18. The molecule has 8 nitrogen and oxygen atoms in total. The summed E-state index contributed by atoms with van der Waals surface area (Å²) in [5.74, 6) is -1.85.